The zero-order chi connectivity index (χ0) is 23.9. The first kappa shape index (κ1) is 31.0. The summed E-state index contributed by atoms with van der Waals surface area (Å²) >= 11 is -2.59. The van der Waals surface area contributed by atoms with Crippen LogP contribution in [0.3, 0.4) is 0 Å². The number of benzene rings is 1. The van der Waals surface area contributed by atoms with Crippen molar-refractivity contribution < 1.29 is 3.07 Å². The molecule has 1 aromatic rings. The van der Waals surface area contributed by atoms with E-state index in [0.29, 0.717) is 0 Å². The van der Waals surface area contributed by atoms with Gasteiger partial charge < -0.3 is 0 Å². The molecular formula is C31H58OSn. The molecule has 0 saturated carbocycles. The van der Waals surface area contributed by atoms with Gasteiger partial charge in [0.25, 0.3) is 0 Å². The molecule has 0 heterocycles. The van der Waals surface area contributed by atoms with E-state index in [1.165, 1.54) is 134 Å². The minimum absolute atomic E-state index is 0.873. The van der Waals surface area contributed by atoms with E-state index in [9.17, 15) is 0 Å². The fraction of sp³-hybridized carbons (Fsp3) is 0.806. The van der Waals surface area contributed by atoms with Gasteiger partial charge >= 0.3 is 214 Å². The molecule has 33 heavy (non-hydrogen) atoms. The van der Waals surface area contributed by atoms with Gasteiger partial charge in [0, 0.05) is 0 Å². The molecule has 0 spiro atoms. The number of rotatable bonds is 24. The van der Waals surface area contributed by atoms with E-state index in [4.69, 9.17) is 3.07 Å². The van der Waals surface area contributed by atoms with Gasteiger partial charge in [-0.2, -0.15) is 0 Å². The van der Waals surface area contributed by atoms with Crippen molar-refractivity contribution in [3.63, 3.8) is 0 Å². The Morgan fingerprint density at radius 2 is 0.848 bits per heavy atom. The fourth-order valence-corrected chi connectivity index (χ4v) is 17.5. The van der Waals surface area contributed by atoms with Gasteiger partial charge in [0.2, 0.25) is 0 Å². The van der Waals surface area contributed by atoms with E-state index < -0.39 is 18.8 Å². The van der Waals surface area contributed by atoms with E-state index in [0.717, 1.165) is 6.61 Å². The van der Waals surface area contributed by atoms with Crippen LogP contribution < -0.4 is 0 Å². The summed E-state index contributed by atoms with van der Waals surface area (Å²) in [7, 11) is 0. The molecule has 0 atom stereocenters. The fourth-order valence-electron chi connectivity index (χ4n) is 5.08. The third-order valence-electron chi connectivity index (χ3n) is 7.35. The Morgan fingerprint density at radius 1 is 0.485 bits per heavy atom. The molecule has 0 bridgehead atoms. The molecule has 0 radical (unpaired) electrons. The Morgan fingerprint density at radius 3 is 1.24 bits per heavy atom. The molecule has 0 unspecified atom stereocenters. The van der Waals surface area contributed by atoms with Gasteiger partial charge in [-0.15, -0.1) is 0 Å². The first-order chi connectivity index (χ1) is 16.3. The Hall–Kier alpha value is -0.0213. The second-order valence-corrected chi connectivity index (χ2v) is 22.4. The average Bonchev–Trinajstić information content (AvgIpc) is 2.85. The van der Waals surface area contributed by atoms with Gasteiger partial charge in [0.15, 0.2) is 0 Å². The second kappa shape index (κ2) is 22.4. The molecule has 0 N–H and O–H groups in total. The Labute approximate surface area is 213 Å². The Balaban J connectivity index is 2.68. The quantitative estimate of drug-likeness (QED) is 0.0895. The van der Waals surface area contributed by atoms with Crippen LogP contribution in [0.2, 0.25) is 13.3 Å². The molecular weight excluding hydrogens is 507 g/mol. The van der Waals surface area contributed by atoms with Crippen LogP contribution >= 0.6 is 0 Å². The molecule has 2 heteroatoms. The topological polar surface area (TPSA) is 9.23 Å². The summed E-state index contributed by atoms with van der Waals surface area (Å²) in [4.78, 5) is 0. The maximum absolute atomic E-state index is 7.11. The predicted molar refractivity (Wildman–Crippen MR) is 152 cm³/mol. The molecule has 0 amide bonds. The molecule has 0 aliphatic heterocycles. The zero-order valence-electron chi connectivity index (χ0n) is 22.9. The van der Waals surface area contributed by atoms with E-state index in [1.807, 2.05) is 0 Å². The Bertz CT molecular complexity index is 474. The van der Waals surface area contributed by atoms with Crippen molar-refractivity contribution in [1.82, 2.24) is 0 Å². The van der Waals surface area contributed by atoms with Crippen molar-refractivity contribution in [3.05, 3.63) is 35.9 Å². The van der Waals surface area contributed by atoms with Crippen molar-refractivity contribution in [2.45, 2.75) is 156 Å². The predicted octanol–water partition coefficient (Wildman–Crippen LogP) is 11.2. The van der Waals surface area contributed by atoms with E-state index >= 15 is 0 Å². The van der Waals surface area contributed by atoms with Crippen LogP contribution in [-0.2, 0) is 9.68 Å². The van der Waals surface area contributed by atoms with Crippen molar-refractivity contribution in [3.8, 4) is 0 Å². The zero-order valence-corrected chi connectivity index (χ0v) is 25.7. The molecule has 0 aromatic heterocycles. The molecule has 192 valence electrons. The summed E-state index contributed by atoms with van der Waals surface area (Å²) in [5.41, 5.74) is 1.38. The van der Waals surface area contributed by atoms with E-state index in [2.05, 4.69) is 51.1 Å². The van der Waals surface area contributed by atoms with Gasteiger partial charge in [-0.05, 0) is 0 Å². The van der Waals surface area contributed by atoms with Gasteiger partial charge in [-0.1, -0.05) is 0 Å². The maximum atomic E-state index is 7.11. The monoisotopic (exact) mass is 566 g/mol. The molecule has 0 saturated heterocycles. The molecule has 1 rings (SSSR count). The third kappa shape index (κ3) is 17.1. The number of unbranched alkanes of at least 4 members (excludes halogenated alkanes) is 15. The van der Waals surface area contributed by atoms with Crippen molar-refractivity contribution >= 4 is 18.8 Å². The molecule has 0 aliphatic rings. The first-order valence-corrected chi connectivity index (χ1v) is 22.2. The number of hydrogen-bond donors (Lipinski definition) is 0. The standard InChI is InChI=1S/3C8H17.C7H7O.Sn/c3*1-3-5-7-8-6-4-2;8-6-7-4-2-1-3-5-7;/h3*1,3-8H2,2H3;1-5H,6H2;/q;;;-1;+1. The van der Waals surface area contributed by atoms with Gasteiger partial charge in [-0.3, -0.25) is 0 Å². The van der Waals surface area contributed by atoms with Gasteiger partial charge in [-0.25, -0.2) is 0 Å². The van der Waals surface area contributed by atoms with Crippen molar-refractivity contribution in [2.24, 2.45) is 0 Å². The summed E-state index contributed by atoms with van der Waals surface area (Å²) < 4.78 is 11.5. The van der Waals surface area contributed by atoms with E-state index in [-0.39, 0.29) is 0 Å². The Kier molecular flexibility index (Phi) is 21.1. The van der Waals surface area contributed by atoms with Crippen molar-refractivity contribution in [1.29, 1.82) is 0 Å². The van der Waals surface area contributed by atoms with Crippen LogP contribution in [0, 0.1) is 0 Å². The molecule has 1 nitrogen and oxygen atoms in total. The van der Waals surface area contributed by atoms with Crippen LogP contribution in [0.15, 0.2) is 30.3 Å². The summed E-state index contributed by atoms with van der Waals surface area (Å²) in [6.07, 6.45) is 25.4. The average molecular weight is 566 g/mol. The summed E-state index contributed by atoms with van der Waals surface area (Å²) in [5, 5.41) is 0. The van der Waals surface area contributed by atoms with Crippen LogP contribution in [0.5, 0.6) is 0 Å². The minimum atomic E-state index is -2.59. The van der Waals surface area contributed by atoms with Crippen LogP contribution in [0.25, 0.3) is 0 Å². The summed E-state index contributed by atoms with van der Waals surface area (Å²) in [6, 6.07) is 11.0. The second-order valence-electron chi connectivity index (χ2n) is 10.5. The summed E-state index contributed by atoms with van der Waals surface area (Å²) in [6.45, 7) is 7.83. The van der Waals surface area contributed by atoms with Gasteiger partial charge in [0.05, 0.1) is 0 Å². The molecule has 0 aliphatic carbocycles. The molecule has 0 fully saturated rings. The normalized spacial score (nSPS) is 11.8. The summed E-state index contributed by atoms with van der Waals surface area (Å²) in [5.74, 6) is 0. The van der Waals surface area contributed by atoms with Crippen LogP contribution in [-0.4, -0.2) is 18.8 Å². The third-order valence-corrected chi connectivity index (χ3v) is 20.3. The number of hydrogen-bond acceptors (Lipinski definition) is 1. The van der Waals surface area contributed by atoms with E-state index in [1.54, 1.807) is 0 Å². The van der Waals surface area contributed by atoms with Crippen LogP contribution in [0.4, 0.5) is 0 Å². The molecule has 1 aromatic carbocycles. The van der Waals surface area contributed by atoms with Crippen LogP contribution in [0.1, 0.15) is 142 Å². The SMILES string of the molecule is CCCCCCC[CH2][Sn]([CH2]CCCCCCC)([CH2]CCCCCCC)[O]Cc1ccccc1. The van der Waals surface area contributed by atoms with Crippen molar-refractivity contribution in [2.75, 3.05) is 0 Å². The first-order valence-electron chi connectivity index (χ1n) is 14.9. The van der Waals surface area contributed by atoms with Gasteiger partial charge in [0.1, 0.15) is 0 Å².